The Balaban J connectivity index is 1.02. The lowest BCUT2D eigenvalue weighted by molar-refractivity contribution is 1.46. The van der Waals surface area contributed by atoms with Gasteiger partial charge in [0.15, 0.2) is 0 Å². The van der Waals surface area contributed by atoms with E-state index in [4.69, 9.17) is 0 Å². The summed E-state index contributed by atoms with van der Waals surface area (Å²) < 4.78 is 0. The quantitative estimate of drug-likeness (QED) is 0.130. The van der Waals surface area contributed by atoms with Crippen LogP contribution in [0.15, 0.2) is 182 Å². The van der Waals surface area contributed by atoms with E-state index in [1.54, 1.807) is 0 Å². The van der Waals surface area contributed by atoms with Crippen molar-refractivity contribution in [2.45, 2.75) is 27.7 Å². The SMILES string of the molecule is Cc1ccc(-c2ccc(-c3ccc(C)cc3)c(/C=C/c3ccc(-c4ccc(/C=C/c5cc(-c6ccc(C)cc6)ccc5-c5ccc(C)cc5)cc4)cc3)c2)cc1. The number of hydrogen-bond acceptors (Lipinski definition) is 0. The number of benzene rings is 8. The monoisotopic (exact) mass is 718 g/mol. The van der Waals surface area contributed by atoms with E-state index in [-0.39, 0.29) is 0 Å². The maximum atomic E-state index is 2.31. The highest BCUT2D eigenvalue weighted by atomic mass is 14.1. The van der Waals surface area contributed by atoms with Gasteiger partial charge in [0.25, 0.3) is 0 Å². The molecule has 0 unspecified atom stereocenters. The molecule has 0 aliphatic heterocycles. The van der Waals surface area contributed by atoms with Crippen molar-refractivity contribution in [3.8, 4) is 55.6 Å². The molecule has 0 radical (unpaired) electrons. The standard InChI is InChI=1S/C56H46/c1-39-5-19-47(20-6-39)51-33-35-55(49-23-9-41(3)10-24-49)53(37-51)31-17-43-13-27-45(28-14-43)46-29-15-44(16-30-46)18-32-54-38-52(48-21-7-40(2)8-22-48)34-36-56(54)50-25-11-42(4)12-26-50/h5-38H,1-4H3/b31-17+,32-18+. The molecule has 0 spiro atoms. The average molecular weight is 719 g/mol. The molecule has 0 atom stereocenters. The predicted octanol–water partition coefficient (Wildman–Crippen LogP) is 15.6. The van der Waals surface area contributed by atoms with Gasteiger partial charge in [-0.1, -0.05) is 216 Å². The van der Waals surface area contributed by atoms with Gasteiger partial charge in [-0.05, 0) is 118 Å². The Labute approximate surface area is 332 Å². The fourth-order valence-corrected chi connectivity index (χ4v) is 7.19. The molecule has 0 amide bonds. The minimum Gasteiger partial charge on any atom is -0.0587 e. The van der Waals surface area contributed by atoms with Crippen LogP contribution < -0.4 is 0 Å². The molecule has 8 aromatic carbocycles. The zero-order valence-corrected chi connectivity index (χ0v) is 32.6. The van der Waals surface area contributed by atoms with Crippen molar-refractivity contribution in [1.82, 2.24) is 0 Å². The summed E-state index contributed by atoms with van der Waals surface area (Å²) in [5.74, 6) is 0. The van der Waals surface area contributed by atoms with Gasteiger partial charge >= 0.3 is 0 Å². The largest absolute Gasteiger partial charge is 0.0587 e. The third-order valence-electron chi connectivity index (χ3n) is 10.7. The van der Waals surface area contributed by atoms with Crippen molar-refractivity contribution in [3.05, 3.63) is 226 Å². The van der Waals surface area contributed by atoms with E-state index < -0.39 is 0 Å². The lowest BCUT2D eigenvalue weighted by Gasteiger charge is -2.11. The van der Waals surface area contributed by atoms with Crippen LogP contribution in [-0.2, 0) is 0 Å². The summed E-state index contributed by atoms with van der Waals surface area (Å²) in [6.07, 6.45) is 8.96. The van der Waals surface area contributed by atoms with E-state index in [2.05, 4.69) is 234 Å². The van der Waals surface area contributed by atoms with E-state index in [0.717, 1.165) is 0 Å². The minimum absolute atomic E-state index is 1.17. The van der Waals surface area contributed by atoms with E-state index in [9.17, 15) is 0 Å². The number of hydrogen-bond donors (Lipinski definition) is 0. The van der Waals surface area contributed by atoms with Gasteiger partial charge in [0.1, 0.15) is 0 Å². The third-order valence-corrected chi connectivity index (χ3v) is 10.7. The Morgan fingerprint density at radius 2 is 0.482 bits per heavy atom. The van der Waals surface area contributed by atoms with Crippen molar-refractivity contribution in [2.24, 2.45) is 0 Å². The van der Waals surface area contributed by atoms with Crippen LogP contribution in [0, 0.1) is 27.7 Å². The molecule has 0 aliphatic carbocycles. The fraction of sp³-hybridized carbons (Fsp3) is 0.0714. The summed E-state index contributed by atoms with van der Waals surface area (Å²) in [7, 11) is 0. The van der Waals surface area contributed by atoms with Gasteiger partial charge in [-0.25, -0.2) is 0 Å². The summed E-state index contributed by atoms with van der Waals surface area (Å²) in [6, 6.07) is 66.5. The first kappa shape index (κ1) is 36.2. The third kappa shape index (κ3) is 8.46. The predicted molar refractivity (Wildman–Crippen MR) is 243 cm³/mol. The Bertz CT molecular complexity index is 2440. The zero-order chi connectivity index (χ0) is 38.4. The molecular formula is C56H46. The molecule has 56 heavy (non-hydrogen) atoms. The number of aryl methyl sites for hydroxylation is 4. The molecule has 0 nitrogen and oxygen atoms in total. The van der Waals surface area contributed by atoms with Gasteiger partial charge in [0.05, 0.1) is 0 Å². The molecule has 270 valence electrons. The van der Waals surface area contributed by atoms with Crippen LogP contribution in [0.25, 0.3) is 79.9 Å². The second kappa shape index (κ2) is 16.3. The average Bonchev–Trinajstić information content (AvgIpc) is 3.24. The lowest BCUT2D eigenvalue weighted by Crippen LogP contribution is -1.87. The molecule has 0 heteroatoms. The Hall–Kier alpha value is -6.76. The molecule has 0 N–H and O–H groups in total. The maximum Gasteiger partial charge on any atom is -0.0111 e. The first-order valence-electron chi connectivity index (χ1n) is 19.5. The van der Waals surface area contributed by atoms with Crippen LogP contribution >= 0.6 is 0 Å². The van der Waals surface area contributed by atoms with E-state index in [1.807, 2.05) is 0 Å². The normalized spacial score (nSPS) is 11.4. The molecule has 0 saturated carbocycles. The lowest BCUT2D eigenvalue weighted by atomic mass is 9.93. The van der Waals surface area contributed by atoms with Gasteiger partial charge in [-0.3, -0.25) is 0 Å². The van der Waals surface area contributed by atoms with Crippen molar-refractivity contribution in [3.63, 3.8) is 0 Å². The van der Waals surface area contributed by atoms with Crippen LogP contribution in [0.4, 0.5) is 0 Å². The minimum atomic E-state index is 1.17. The highest BCUT2D eigenvalue weighted by molar-refractivity contribution is 5.86. The first-order chi connectivity index (χ1) is 27.3. The van der Waals surface area contributed by atoms with Gasteiger partial charge in [-0.15, -0.1) is 0 Å². The summed E-state index contributed by atoms with van der Waals surface area (Å²) in [4.78, 5) is 0. The summed E-state index contributed by atoms with van der Waals surface area (Å²) >= 11 is 0. The zero-order valence-electron chi connectivity index (χ0n) is 32.6. The topological polar surface area (TPSA) is 0 Å². The van der Waals surface area contributed by atoms with Crippen LogP contribution in [-0.4, -0.2) is 0 Å². The highest BCUT2D eigenvalue weighted by Crippen LogP contribution is 2.33. The molecule has 0 fully saturated rings. The van der Waals surface area contributed by atoms with Gasteiger partial charge < -0.3 is 0 Å². The number of rotatable bonds is 9. The second-order valence-electron chi connectivity index (χ2n) is 15.0. The van der Waals surface area contributed by atoms with Crippen LogP contribution in [0.2, 0.25) is 0 Å². The Morgan fingerprint density at radius 3 is 0.804 bits per heavy atom. The van der Waals surface area contributed by atoms with Crippen molar-refractivity contribution >= 4 is 24.3 Å². The van der Waals surface area contributed by atoms with Crippen LogP contribution in [0.1, 0.15) is 44.5 Å². The Morgan fingerprint density at radius 1 is 0.232 bits per heavy atom. The van der Waals surface area contributed by atoms with Crippen LogP contribution in [0.5, 0.6) is 0 Å². The van der Waals surface area contributed by atoms with Crippen LogP contribution in [0.3, 0.4) is 0 Å². The van der Waals surface area contributed by atoms with Crippen molar-refractivity contribution < 1.29 is 0 Å². The molecule has 0 bridgehead atoms. The van der Waals surface area contributed by atoms with E-state index in [0.29, 0.717) is 0 Å². The van der Waals surface area contributed by atoms with E-state index in [1.165, 1.54) is 100 Å². The highest BCUT2D eigenvalue weighted by Gasteiger charge is 2.09. The van der Waals surface area contributed by atoms with Crippen molar-refractivity contribution in [2.75, 3.05) is 0 Å². The second-order valence-corrected chi connectivity index (χ2v) is 15.0. The molecule has 0 aliphatic rings. The fourth-order valence-electron chi connectivity index (χ4n) is 7.19. The molecule has 8 rings (SSSR count). The molecule has 0 saturated heterocycles. The van der Waals surface area contributed by atoms with Gasteiger partial charge in [0.2, 0.25) is 0 Å². The van der Waals surface area contributed by atoms with Crippen molar-refractivity contribution in [1.29, 1.82) is 0 Å². The molecule has 0 aromatic heterocycles. The summed E-state index contributed by atoms with van der Waals surface area (Å²) in [6.45, 7) is 8.53. The summed E-state index contributed by atoms with van der Waals surface area (Å²) in [5, 5.41) is 0. The van der Waals surface area contributed by atoms with E-state index >= 15 is 0 Å². The van der Waals surface area contributed by atoms with Gasteiger partial charge in [0, 0.05) is 0 Å². The molecular weight excluding hydrogens is 673 g/mol. The Kier molecular flexibility index (Phi) is 10.6. The smallest absolute Gasteiger partial charge is 0.0111 e. The summed E-state index contributed by atoms with van der Waals surface area (Å²) in [5.41, 5.74) is 22.0. The molecule has 0 heterocycles. The first-order valence-corrected chi connectivity index (χ1v) is 19.5. The maximum absolute atomic E-state index is 2.31. The van der Waals surface area contributed by atoms with Gasteiger partial charge in [-0.2, -0.15) is 0 Å². The molecule has 8 aromatic rings.